The molecule has 2 N–H and O–H groups in total. The van der Waals surface area contributed by atoms with E-state index in [0.717, 1.165) is 5.92 Å². The summed E-state index contributed by atoms with van der Waals surface area (Å²) < 4.78 is 0. The van der Waals surface area contributed by atoms with Crippen molar-refractivity contribution in [2.24, 2.45) is 17.1 Å². The first-order chi connectivity index (χ1) is 7.02. The number of nitrogens with two attached hydrogens (primary N) is 1. The Morgan fingerprint density at radius 2 is 2.20 bits per heavy atom. The van der Waals surface area contributed by atoms with E-state index < -0.39 is 0 Å². The molecule has 2 rings (SSSR count). The number of rotatable bonds is 1. The molecule has 84 valence electrons. The number of hydrogen-bond donors (Lipinski definition) is 1. The van der Waals surface area contributed by atoms with Crippen molar-refractivity contribution in [2.45, 2.75) is 46.6 Å². The SMILES string of the molecule is CC(C)(C)C1CCc2c(CN)csc2C1. The smallest absolute Gasteiger partial charge is 0.0189 e. The fraction of sp³-hybridized carbons (Fsp3) is 0.692. The Hall–Kier alpha value is -0.340. The van der Waals surface area contributed by atoms with Crippen LogP contribution in [-0.2, 0) is 19.4 Å². The Kier molecular flexibility index (Phi) is 2.91. The van der Waals surface area contributed by atoms with Crippen LogP contribution in [0.25, 0.3) is 0 Å². The Bertz CT molecular complexity index is 346. The molecule has 1 unspecified atom stereocenters. The van der Waals surface area contributed by atoms with Crippen molar-refractivity contribution in [3.8, 4) is 0 Å². The molecule has 15 heavy (non-hydrogen) atoms. The third kappa shape index (κ3) is 2.11. The molecule has 0 amide bonds. The van der Waals surface area contributed by atoms with Crippen LogP contribution in [0, 0.1) is 11.3 Å². The lowest BCUT2D eigenvalue weighted by Crippen LogP contribution is -2.26. The first-order valence-electron chi connectivity index (χ1n) is 5.80. The van der Waals surface area contributed by atoms with Crippen molar-refractivity contribution in [1.82, 2.24) is 0 Å². The lowest BCUT2D eigenvalue weighted by molar-refractivity contribution is 0.217. The Morgan fingerprint density at radius 1 is 1.47 bits per heavy atom. The lowest BCUT2D eigenvalue weighted by Gasteiger charge is -2.34. The van der Waals surface area contributed by atoms with Crippen molar-refractivity contribution in [3.63, 3.8) is 0 Å². The second-order valence-electron chi connectivity index (χ2n) is 5.67. The lowest BCUT2D eigenvalue weighted by atomic mass is 9.72. The van der Waals surface area contributed by atoms with Crippen LogP contribution < -0.4 is 5.73 Å². The third-order valence-corrected chi connectivity index (χ3v) is 4.79. The maximum Gasteiger partial charge on any atom is 0.0189 e. The summed E-state index contributed by atoms with van der Waals surface area (Å²) in [5.41, 5.74) is 9.16. The molecule has 1 aliphatic carbocycles. The molecule has 1 aromatic heterocycles. The van der Waals surface area contributed by atoms with Gasteiger partial charge in [-0.2, -0.15) is 0 Å². The second-order valence-corrected chi connectivity index (χ2v) is 6.64. The molecule has 1 atom stereocenters. The minimum atomic E-state index is 0.449. The summed E-state index contributed by atoms with van der Waals surface area (Å²) >= 11 is 1.92. The van der Waals surface area contributed by atoms with Crippen LogP contribution in [0.2, 0.25) is 0 Å². The molecule has 0 fully saturated rings. The van der Waals surface area contributed by atoms with Gasteiger partial charge in [-0.3, -0.25) is 0 Å². The average Bonchev–Trinajstić information content (AvgIpc) is 2.58. The van der Waals surface area contributed by atoms with Gasteiger partial charge in [-0.15, -0.1) is 11.3 Å². The largest absolute Gasteiger partial charge is 0.326 e. The quantitative estimate of drug-likeness (QED) is 0.776. The highest BCUT2D eigenvalue weighted by Gasteiger charge is 2.30. The first kappa shape index (κ1) is 11.2. The highest BCUT2D eigenvalue weighted by molar-refractivity contribution is 7.10. The van der Waals surface area contributed by atoms with Gasteiger partial charge in [-0.1, -0.05) is 20.8 Å². The topological polar surface area (TPSA) is 26.0 Å². The van der Waals surface area contributed by atoms with Crippen LogP contribution in [0.15, 0.2) is 5.38 Å². The van der Waals surface area contributed by atoms with Crippen LogP contribution in [0.5, 0.6) is 0 Å². The molecule has 0 saturated carbocycles. The minimum absolute atomic E-state index is 0.449. The van der Waals surface area contributed by atoms with Gasteiger partial charge in [0.2, 0.25) is 0 Å². The van der Waals surface area contributed by atoms with Crippen LogP contribution >= 0.6 is 11.3 Å². The van der Waals surface area contributed by atoms with E-state index in [1.807, 2.05) is 11.3 Å². The maximum absolute atomic E-state index is 5.75. The third-order valence-electron chi connectivity index (χ3n) is 3.69. The summed E-state index contributed by atoms with van der Waals surface area (Å²) in [6.07, 6.45) is 3.84. The van der Waals surface area contributed by atoms with Gasteiger partial charge in [0.15, 0.2) is 0 Å². The molecule has 0 spiro atoms. The summed E-state index contributed by atoms with van der Waals surface area (Å²) in [6, 6.07) is 0. The van der Waals surface area contributed by atoms with Gasteiger partial charge in [0.25, 0.3) is 0 Å². The molecule has 0 radical (unpaired) electrons. The van der Waals surface area contributed by atoms with E-state index in [1.54, 1.807) is 10.4 Å². The number of thiophene rings is 1. The average molecular weight is 223 g/mol. The summed E-state index contributed by atoms with van der Waals surface area (Å²) in [7, 11) is 0. The summed E-state index contributed by atoms with van der Waals surface area (Å²) in [5.74, 6) is 0.842. The summed E-state index contributed by atoms with van der Waals surface area (Å²) in [4.78, 5) is 1.60. The van der Waals surface area contributed by atoms with E-state index >= 15 is 0 Å². The molecular weight excluding hydrogens is 202 g/mol. The number of hydrogen-bond acceptors (Lipinski definition) is 2. The van der Waals surface area contributed by atoms with E-state index in [1.165, 1.54) is 24.8 Å². The van der Waals surface area contributed by atoms with Gasteiger partial charge in [0.1, 0.15) is 0 Å². The molecular formula is C13H21NS. The Balaban J connectivity index is 2.21. The van der Waals surface area contributed by atoms with Gasteiger partial charge < -0.3 is 5.73 Å². The standard InChI is InChI=1S/C13H21NS/c1-13(2,3)10-4-5-11-9(7-14)8-15-12(11)6-10/h8,10H,4-7,14H2,1-3H3. The van der Waals surface area contributed by atoms with Gasteiger partial charge in [-0.25, -0.2) is 0 Å². The molecule has 1 heterocycles. The van der Waals surface area contributed by atoms with Gasteiger partial charge in [0.05, 0.1) is 0 Å². The minimum Gasteiger partial charge on any atom is -0.326 e. The van der Waals surface area contributed by atoms with E-state index in [0.29, 0.717) is 12.0 Å². The first-order valence-corrected chi connectivity index (χ1v) is 6.68. The molecule has 0 aromatic carbocycles. The second kappa shape index (κ2) is 3.91. The van der Waals surface area contributed by atoms with E-state index in [9.17, 15) is 0 Å². The Labute approximate surface area is 96.7 Å². The van der Waals surface area contributed by atoms with Crippen LogP contribution in [-0.4, -0.2) is 0 Å². The van der Waals surface area contributed by atoms with Crippen LogP contribution in [0.3, 0.4) is 0 Å². The molecule has 1 aromatic rings. The van der Waals surface area contributed by atoms with E-state index in [-0.39, 0.29) is 0 Å². The van der Waals surface area contributed by atoms with E-state index in [2.05, 4.69) is 26.2 Å². The highest BCUT2D eigenvalue weighted by atomic mass is 32.1. The van der Waals surface area contributed by atoms with Crippen LogP contribution in [0.4, 0.5) is 0 Å². The van der Waals surface area contributed by atoms with Crippen molar-refractivity contribution in [1.29, 1.82) is 0 Å². The fourth-order valence-electron chi connectivity index (χ4n) is 2.49. The van der Waals surface area contributed by atoms with Crippen molar-refractivity contribution < 1.29 is 0 Å². The summed E-state index contributed by atoms with van der Waals surface area (Å²) in [5, 5.41) is 2.26. The predicted octanol–water partition coefficient (Wildman–Crippen LogP) is 3.36. The predicted molar refractivity (Wildman–Crippen MR) is 67.2 cm³/mol. The molecule has 0 bridgehead atoms. The molecule has 0 saturated heterocycles. The highest BCUT2D eigenvalue weighted by Crippen LogP contribution is 2.40. The van der Waals surface area contributed by atoms with Crippen molar-refractivity contribution >= 4 is 11.3 Å². The Morgan fingerprint density at radius 3 is 2.80 bits per heavy atom. The van der Waals surface area contributed by atoms with Gasteiger partial charge >= 0.3 is 0 Å². The normalized spacial score (nSPS) is 21.5. The summed E-state index contributed by atoms with van der Waals surface area (Å²) in [6.45, 7) is 7.80. The molecule has 1 nitrogen and oxygen atoms in total. The fourth-order valence-corrected chi connectivity index (χ4v) is 3.69. The molecule has 1 aliphatic rings. The van der Waals surface area contributed by atoms with Gasteiger partial charge in [0, 0.05) is 11.4 Å². The van der Waals surface area contributed by atoms with Gasteiger partial charge in [-0.05, 0) is 47.1 Å². The monoisotopic (exact) mass is 223 g/mol. The zero-order valence-corrected chi connectivity index (χ0v) is 10.8. The zero-order chi connectivity index (χ0) is 11.1. The van der Waals surface area contributed by atoms with Crippen molar-refractivity contribution in [3.05, 3.63) is 21.4 Å². The van der Waals surface area contributed by atoms with E-state index in [4.69, 9.17) is 5.73 Å². The van der Waals surface area contributed by atoms with Crippen LogP contribution in [0.1, 0.15) is 43.2 Å². The van der Waals surface area contributed by atoms with Crippen molar-refractivity contribution in [2.75, 3.05) is 0 Å². The zero-order valence-electron chi connectivity index (χ0n) is 9.97. The molecule has 2 heteroatoms. The number of fused-ring (bicyclic) bond motifs is 1. The molecule has 0 aliphatic heterocycles. The maximum atomic E-state index is 5.75.